The first kappa shape index (κ1) is 17.4. The van der Waals surface area contributed by atoms with Crippen LogP contribution in [0.5, 0.6) is 0 Å². The van der Waals surface area contributed by atoms with E-state index >= 15 is 0 Å². The smallest absolute Gasteiger partial charge is 0.321 e. The minimum atomic E-state index is -3.64. The van der Waals surface area contributed by atoms with Gasteiger partial charge in [-0.25, -0.2) is 8.42 Å². The number of ether oxygens (including phenoxy) is 1. The Balaban J connectivity index is 2.84. The zero-order valence-electron chi connectivity index (χ0n) is 12.4. The highest BCUT2D eigenvalue weighted by Crippen LogP contribution is 2.09. The second-order valence-corrected chi connectivity index (χ2v) is 6.22. The quantitative estimate of drug-likeness (QED) is 0.691. The van der Waals surface area contributed by atoms with E-state index in [1.54, 1.807) is 6.92 Å². The Hall–Kier alpha value is -1.66. The Kier molecular flexibility index (Phi) is 7.11. The summed E-state index contributed by atoms with van der Waals surface area (Å²) in [6, 6.07) is 9.13. The van der Waals surface area contributed by atoms with Gasteiger partial charge in [-0.2, -0.15) is 4.31 Å². The van der Waals surface area contributed by atoms with Crippen LogP contribution in [-0.4, -0.2) is 38.4 Å². The fraction of sp³-hybridized carbons (Fsp3) is 0.400. The summed E-state index contributed by atoms with van der Waals surface area (Å²) in [5.74, 6) is -0.539. The minimum Gasteiger partial charge on any atom is -0.465 e. The highest BCUT2D eigenvalue weighted by molar-refractivity contribution is 7.92. The Bertz CT molecular complexity index is 567. The van der Waals surface area contributed by atoms with Crippen molar-refractivity contribution < 1.29 is 17.9 Å². The zero-order valence-corrected chi connectivity index (χ0v) is 13.2. The number of carbonyl (C=O) groups is 1. The largest absolute Gasteiger partial charge is 0.465 e. The van der Waals surface area contributed by atoms with E-state index in [2.05, 4.69) is 0 Å². The fourth-order valence-electron chi connectivity index (χ4n) is 1.71. The molecule has 1 rings (SSSR count). The molecule has 6 heteroatoms. The first-order chi connectivity index (χ1) is 9.99. The molecule has 1 aromatic rings. The predicted molar refractivity (Wildman–Crippen MR) is 82.9 cm³/mol. The molecule has 116 valence electrons. The first-order valence-corrected chi connectivity index (χ1v) is 8.38. The molecule has 0 saturated carbocycles. The van der Waals surface area contributed by atoms with E-state index < -0.39 is 16.0 Å². The van der Waals surface area contributed by atoms with E-state index in [9.17, 15) is 13.2 Å². The van der Waals surface area contributed by atoms with Crippen LogP contribution in [0.4, 0.5) is 0 Å². The lowest BCUT2D eigenvalue weighted by molar-refractivity contribution is -0.143. The number of sulfonamides is 1. The van der Waals surface area contributed by atoms with Gasteiger partial charge in [0.1, 0.15) is 6.54 Å². The molecule has 1 aromatic carbocycles. The monoisotopic (exact) mass is 311 g/mol. The summed E-state index contributed by atoms with van der Waals surface area (Å²) in [5, 5.41) is 1.12. The van der Waals surface area contributed by atoms with E-state index in [0.29, 0.717) is 6.42 Å². The lowest BCUT2D eigenvalue weighted by Gasteiger charge is -2.18. The SMILES string of the molecule is CCCN(CC(=O)OCC)S(=O)(=O)C=Cc1ccccc1. The van der Waals surface area contributed by atoms with Crippen molar-refractivity contribution in [3.05, 3.63) is 41.3 Å². The van der Waals surface area contributed by atoms with Crippen molar-refractivity contribution >= 4 is 22.1 Å². The van der Waals surface area contributed by atoms with Crippen LogP contribution in [0.25, 0.3) is 6.08 Å². The molecule has 0 aliphatic carbocycles. The molecular weight excluding hydrogens is 290 g/mol. The van der Waals surface area contributed by atoms with Crippen LogP contribution in [0, 0.1) is 0 Å². The number of hydrogen-bond acceptors (Lipinski definition) is 4. The Labute approximate surface area is 126 Å². The Morgan fingerprint density at radius 3 is 2.48 bits per heavy atom. The van der Waals surface area contributed by atoms with Crippen molar-refractivity contribution in [1.82, 2.24) is 4.31 Å². The maximum absolute atomic E-state index is 12.3. The molecule has 21 heavy (non-hydrogen) atoms. The number of rotatable bonds is 8. The molecule has 0 heterocycles. The molecule has 0 aromatic heterocycles. The second kappa shape index (κ2) is 8.59. The standard InChI is InChI=1S/C15H21NO4S/c1-3-11-16(13-15(17)20-4-2)21(18,19)12-10-14-8-6-5-7-9-14/h5-10,12H,3-4,11,13H2,1-2H3. The summed E-state index contributed by atoms with van der Waals surface area (Å²) in [4.78, 5) is 11.5. The van der Waals surface area contributed by atoms with Gasteiger partial charge in [0.25, 0.3) is 0 Å². The molecule has 0 radical (unpaired) electrons. The summed E-state index contributed by atoms with van der Waals surface area (Å²) in [5.41, 5.74) is 0.786. The first-order valence-electron chi connectivity index (χ1n) is 6.88. The van der Waals surface area contributed by atoms with E-state index in [1.165, 1.54) is 6.08 Å². The number of benzene rings is 1. The fourth-order valence-corrected chi connectivity index (χ4v) is 2.93. The maximum Gasteiger partial charge on any atom is 0.321 e. The molecule has 0 atom stereocenters. The molecule has 0 fully saturated rings. The molecule has 0 saturated heterocycles. The highest BCUT2D eigenvalue weighted by Gasteiger charge is 2.21. The van der Waals surface area contributed by atoms with Gasteiger partial charge in [-0.05, 0) is 25.0 Å². The highest BCUT2D eigenvalue weighted by atomic mass is 32.2. The van der Waals surface area contributed by atoms with E-state index in [1.807, 2.05) is 37.3 Å². The van der Waals surface area contributed by atoms with Crippen molar-refractivity contribution in [2.45, 2.75) is 20.3 Å². The number of esters is 1. The molecule has 5 nitrogen and oxygen atoms in total. The summed E-state index contributed by atoms with van der Waals surface area (Å²) < 4.78 is 30.5. The topological polar surface area (TPSA) is 63.7 Å². The summed E-state index contributed by atoms with van der Waals surface area (Å²) in [6.45, 7) is 3.79. The van der Waals surface area contributed by atoms with Gasteiger partial charge in [0.05, 0.1) is 6.61 Å². The second-order valence-electron chi connectivity index (χ2n) is 4.40. The summed E-state index contributed by atoms with van der Waals surface area (Å²) >= 11 is 0. The average molecular weight is 311 g/mol. The van der Waals surface area contributed by atoms with Crippen LogP contribution in [0.2, 0.25) is 0 Å². The van der Waals surface area contributed by atoms with Gasteiger partial charge in [0.15, 0.2) is 0 Å². The summed E-state index contributed by atoms with van der Waals surface area (Å²) in [7, 11) is -3.64. The van der Waals surface area contributed by atoms with E-state index in [0.717, 1.165) is 15.3 Å². The molecule has 0 amide bonds. The van der Waals surface area contributed by atoms with Gasteiger partial charge in [-0.15, -0.1) is 0 Å². The third kappa shape index (κ3) is 6.10. The molecule has 0 N–H and O–H groups in total. The van der Waals surface area contributed by atoms with E-state index in [4.69, 9.17) is 4.74 Å². The lowest BCUT2D eigenvalue weighted by atomic mass is 10.2. The van der Waals surface area contributed by atoms with Crippen LogP contribution < -0.4 is 0 Å². The van der Waals surface area contributed by atoms with Gasteiger partial charge in [-0.3, -0.25) is 4.79 Å². The Morgan fingerprint density at radius 2 is 1.90 bits per heavy atom. The van der Waals surface area contributed by atoms with Gasteiger partial charge in [0.2, 0.25) is 10.0 Å². The molecule has 0 aliphatic heterocycles. The van der Waals surface area contributed by atoms with Crippen LogP contribution in [0.15, 0.2) is 35.7 Å². The van der Waals surface area contributed by atoms with Crippen molar-refractivity contribution in [2.24, 2.45) is 0 Å². The zero-order chi connectivity index (χ0) is 15.7. The van der Waals surface area contributed by atoms with Crippen LogP contribution in [0.3, 0.4) is 0 Å². The molecule has 0 bridgehead atoms. The van der Waals surface area contributed by atoms with Crippen molar-refractivity contribution in [1.29, 1.82) is 0 Å². The maximum atomic E-state index is 12.3. The van der Waals surface area contributed by atoms with Gasteiger partial charge in [-0.1, -0.05) is 37.3 Å². The van der Waals surface area contributed by atoms with Gasteiger partial charge >= 0.3 is 5.97 Å². The predicted octanol–water partition coefficient (Wildman–Crippen LogP) is 2.26. The normalized spacial score (nSPS) is 12.0. The van der Waals surface area contributed by atoms with Gasteiger partial charge in [0, 0.05) is 12.0 Å². The Morgan fingerprint density at radius 1 is 1.24 bits per heavy atom. The third-order valence-electron chi connectivity index (χ3n) is 2.68. The third-order valence-corrected chi connectivity index (χ3v) is 4.19. The minimum absolute atomic E-state index is 0.235. The number of nitrogens with zero attached hydrogens (tertiary/aromatic N) is 1. The van der Waals surface area contributed by atoms with Crippen molar-refractivity contribution in [2.75, 3.05) is 19.7 Å². The molecule has 0 unspecified atom stereocenters. The van der Waals surface area contributed by atoms with Crippen molar-refractivity contribution in [3.63, 3.8) is 0 Å². The average Bonchev–Trinajstić information content (AvgIpc) is 2.46. The van der Waals surface area contributed by atoms with E-state index in [-0.39, 0.29) is 19.7 Å². The summed E-state index contributed by atoms with van der Waals surface area (Å²) in [6.07, 6.45) is 2.14. The molecular formula is C15H21NO4S. The number of carbonyl (C=O) groups excluding carboxylic acids is 1. The lowest BCUT2D eigenvalue weighted by Crippen LogP contribution is -2.35. The van der Waals surface area contributed by atoms with Crippen LogP contribution >= 0.6 is 0 Å². The number of hydrogen-bond donors (Lipinski definition) is 0. The molecule has 0 aliphatic rings. The van der Waals surface area contributed by atoms with Crippen LogP contribution in [0.1, 0.15) is 25.8 Å². The van der Waals surface area contributed by atoms with Crippen molar-refractivity contribution in [3.8, 4) is 0 Å². The molecule has 0 spiro atoms. The van der Waals surface area contributed by atoms with Gasteiger partial charge < -0.3 is 4.74 Å². The van der Waals surface area contributed by atoms with Crippen LogP contribution in [-0.2, 0) is 19.6 Å².